The van der Waals surface area contributed by atoms with Crippen LogP contribution in [0.5, 0.6) is 0 Å². The number of nitrogens with zero attached hydrogens (tertiary/aromatic N) is 3. The number of esters is 1. The van der Waals surface area contributed by atoms with Gasteiger partial charge in [-0.1, -0.05) is 42.5 Å². The third-order valence-electron chi connectivity index (χ3n) is 6.72. The molecule has 2 aromatic carbocycles. The largest absolute Gasteiger partial charge is 0.456 e. The Kier molecular flexibility index (Phi) is 9.34. The van der Waals surface area contributed by atoms with Crippen molar-refractivity contribution in [3.05, 3.63) is 89.5 Å². The summed E-state index contributed by atoms with van der Waals surface area (Å²) in [6, 6.07) is 17.2. The maximum atomic E-state index is 13.4. The number of carbonyl (C=O) groups is 2. The predicted molar refractivity (Wildman–Crippen MR) is 147 cm³/mol. The minimum absolute atomic E-state index is 0.122. The van der Waals surface area contributed by atoms with E-state index in [0.717, 1.165) is 44.7 Å². The van der Waals surface area contributed by atoms with Gasteiger partial charge in [-0.25, -0.2) is 9.78 Å². The second-order valence-electron chi connectivity index (χ2n) is 10.8. The highest BCUT2D eigenvalue weighted by molar-refractivity contribution is 6.05. The summed E-state index contributed by atoms with van der Waals surface area (Å²) in [7, 11) is 0. The van der Waals surface area contributed by atoms with Gasteiger partial charge in [0.05, 0.1) is 17.7 Å². The van der Waals surface area contributed by atoms with Gasteiger partial charge in [-0.3, -0.25) is 4.79 Å². The first-order valence-electron chi connectivity index (χ1n) is 13.6. The molecule has 0 unspecified atom stereocenters. The number of piperidine rings is 1. The molecule has 202 valence electrons. The Balaban J connectivity index is 1.26. The topological polar surface area (TPSA) is 73.7 Å². The van der Waals surface area contributed by atoms with Gasteiger partial charge >= 0.3 is 5.97 Å². The average Bonchev–Trinajstić information content (AvgIpc) is 3.38. The summed E-state index contributed by atoms with van der Waals surface area (Å²) < 4.78 is 13.6. The quantitative estimate of drug-likeness (QED) is 0.249. The van der Waals surface area contributed by atoms with E-state index >= 15 is 0 Å². The van der Waals surface area contributed by atoms with E-state index in [2.05, 4.69) is 27.9 Å². The summed E-state index contributed by atoms with van der Waals surface area (Å²) >= 11 is 0. The Hall–Kier alpha value is -3.45. The van der Waals surface area contributed by atoms with Crippen LogP contribution in [0.25, 0.3) is 0 Å². The molecule has 1 aliphatic rings. The van der Waals surface area contributed by atoms with Crippen LogP contribution in [0.2, 0.25) is 0 Å². The van der Waals surface area contributed by atoms with Gasteiger partial charge in [-0.2, -0.15) is 0 Å². The maximum absolute atomic E-state index is 13.4. The monoisotopic (exact) mass is 517 g/mol. The van der Waals surface area contributed by atoms with E-state index in [9.17, 15) is 9.59 Å². The molecule has 0 bridgehead atoms. The lowest BCUT2D eigenvalue weighted by molar-refractivity contribution is 0.00664. The smallest absolute Gasteiger partial charge is 0.339 e. The highest BCUT2D eigenvalue weighted by atomic mass is 16.6. The fourth-order valence-corrected chi connectivity index (χ4v) is 4.81. The molecule has 4 rings (SSSR count). The van der Waals surface area contributed by atoms with Crippen LogP contribution in [0.15, 0.2) is 67.0 Å². The second-order valence-corrected chi connectivity index (χ2v) is 10.8. The Morgan fingerprint density at radius 3 is 2.34 bits per heavy atom. The number of likely N-dealkylation sites (tertiary alicyclic amines) is 1. The van der Waals surface area contributed by atoms with E-state index in [1.54, 1.807) is 24.3 Å². The van der Waals surface area contributed by atoms with Gasteiger partial charge < -0.3 is 18.9 Å². The number of hydrogen-bond acceptors (Lipinski definition) is 5. The molecular weight excluding hydrogens is 478 g/mol. The first kappa shape index (κ1) is 27.6. The standard InChI is InChI=1S/C31H39N3O4/c1-31(2,3)38-30(36)27-14-8-7-13-26(27)29(35)34-19-15-25(16-20-34)28-32-17-21-33(28)18-9-10-22-37-23-24-11-5-4-6-12-24/h4-8,11-14,17,21,25H,9-10,15-16,18-20,22-23H2,1-3H3. The zero-order chi connectivity index (χ0) is 27.0. The first-order chi connectivity index (χ1) is 18.3. The number of imidazole rings is 1. The molecule has 1 saturated heterocycles. The Bertz CT molecular complexity index is 1190. The Morgan fingerprint density at radius 2 is 1.63 bits per heavy atom. The third kappa shape index (κ3) is 7.54. The summed E-state index contributed by atoms with van der Waals surface area (Å²) in [5.41, 5.74) is 1.29. The molecular formula is C31H39N3O4. The van der Waals surface area contributed by atoms with Crippen molar-refractivity contribution in [3.63, 3.8) is 0 Å². The summed E-state index contributed by atoms with van der Waals surface area (Å²) in [5, 5.41) is 0. The van der Waals surface area contributed by atoms with Crippen LogP contribution in [0.4, 0.5) is 0 Å². The van der Waals surface area contributed by atoms with Gasteiger partial charge in [0.1, 0.15) is 11.4 Å². The molecule has 7 heteroatoms. The molecule has 1 aliphatic heterocycles. The number of unbranched alkanes of at least 4 members (excludes halogenated alkanes) is 1. The van der Waals surface area contributed by atoms with Gasteiger partial charge in [0.25, 0.3) is 5.91 Å². The minimum Gasteiger partial charge on any atom is -0.456 e. The van der Waals surface area contributed by atoms with Crippen LogP contribution in [-0.4, -0.2) is 51.6 Å². The normalized spacial score (nSPS) is 14.4. The van der Waals surface area contributed by atoms with Gasteiger partial charge in [0.2, 0.25) is 0 Å². The number of aryl methyl sites for hydroxylation is 1. The van der Waals surface area contributed by atoms with Crippen LogP contribution < -0.4 is 0 Å². The first-order valence-corrected chi connectivity index (χ1v) is 13.6. The molecule has 1 amide bonds. The molecule has 2 heterocycles. The van der Waals surface area contributed by atoms with E-state index in [4.69, 9.17) is 9.47 Å². The van der Waals surface area contributed by atoms with Crippen molar-refractivity contribution < 1.29 is 19.1 Å². The summed E-state index contributed by atoms with van der Waals surface area (Å²) in [4.78, 5) is 32.6. The minimum atomic E-state index is -0.622. The molecule has 3 aromatic rings. The molecule has 0 aliphatic carbocycles. The van der Waals surface area contributed by atoms with Crippen molar-refractivity contribution in [1.82, 2.24) is 14.5 Å². The fourth-order valence-electron chi connectivity index (χ4n) is 4.81. The van der Waals surface area contributed by atoms with Crippen molar-refractivity contribution >= 4 is 11.9 Å². The number of aromatic nitrogens is 2. The third-order valence-corrected chi connectivity index (χ3v) is 6.72. The molecule has 0 saturated carbocycles. The SMILES string of the molecule is CC(C)(C)OC(=O)c1ccccc1C(=O)N1CCC(c2nccn2CCCCOCc2ccccc2)CC1. The lowest BCUT2D eigenvalue weighted by Gasteiger charge is -2.32. The number of rotatable bonds is 10. The molecule has 0 N–H and O–H groups in total. The van der Waals surface area contributed by atoms with E-state index in [1.807, 2.05) is 50.1 Å². The fraction of sp³-hybridized carbons (Fsp3) is 0.452. The highest BCUT2D eigenvalue weighted by Gasteiger charge is 2.29. The average molecular weight is 518 g/mol. The zero-order valence-corrected chi connectivity index (χ0v) is 22.8. The van der Waals surface area contributed by atoms with Gasteiger partial charge in [0.15, 0.2) is 0 Å². The number of amides is 1. The molecule has 38 heavy (non-hydrogen) atoms. The zero-order valence-electron chi connectivity index (χ0n) is 22.8. The summed E-state index contributed by atoms with van der Waals surface area (Å²) in [6.45, 7) is 9.03. The Morgan fingerprint density at radius 1 is 0.947 bits per heavy atom. The van der Waals surface area contributed by atoms with E-state index in [-0.39, 0.29) is 5.91 Å². The van der Waals surface area contributed by atoms with Gasteiger partial charge in [-0.15, -0.1) is 0 Å². The van der Waals surface area contributed by atoms with Crippen LogP contribution in [-0.2, 0) is 22.6 Å². The van der Waals surface area contributed by atoms with E-state index in [0.29, 0.717) is 36.7 Å². The highest BCUT2D eigenvalue weighted by Crippen LogP contribution is 2.28. The van der Waals surface area contributed by atoms with Crippen LogP contribution in [0.3, 0.4) is 0 Å². The molecule has 1 aromatic heterocycles. The van der Waals surface area contributed by atoms with Gasteiger partial charge in [0, 0.05) is 44.6 Å². The predicted octanol–water partition coefficient (Wildman–Crippen LogP) is 5.86. The molecule has 0 spiro atoms. The van der Waals surface area contributed by atoms with Crippen molar-refractivity contribution in [2.24, 2.45) is 0 Å². The molecule has 1 fully saturated rings. The molecule has 7 nitrogen and oxygen atoms in total. The van der Waals surface area contributed by atoms with Crippen LogP contribution >= 0.6 is 0 Å². The van der Waals surface area contributed by atoms with Crippen molar-refractivity contribution in [3.8, 4) is 0 Å². The number of hydrogen-bond donors (Lipinski definition) is 0. The second kappa shape index (κ2) is 12.9. The maximum Gasteiger partial charge on any atom is 0.339 e. The van der Waals surface area contributed by atoms with E-state index < -0.39 is 11.6 Å². The van der Waals surface area contributed by atoms with Crippen molar-refractivity contribution in [2.45, 2.75) is 71.1 Å². The Labute approximate surface area is 225 Å². The van der Waals surface area contributed by atoms with Crippen molar-refractivity contribution in [1.29, 1.82) is 0 Å². The van der Waals surface area contributed by atoms with Crippen LogP contribution in [0, 0.1) is 0 Å². The lowest BCUT2D eigenvalue weighted by atomic mass is 9.94. The van der Waals surface area contributed by atoms with E-state index in [1.165, 1.54) is 5.56 Å². The summed E-state index contributed by atoms with van der Waals surface area (Å²) in [5.74, 6) is 0.813. The number of benzene rings is 2. The summed E-state index contributed by atoms with van der Waals surface area (Å²) in [6.07, 6.45) is 7.63. The number of carbonyl (C=O) groups excluding carboxylic acids is 2. The molecule has 0 radical (unpaired) electrons. The van der Waals surface area contributed by atoms with Crippen molar-refractivity contribution in [2.75, 3.05) is 19.7 Å². The van der Waals surface area contributed by atoms with Crippen LogP contribution in [0.1, 0.15) is 84.5 Å². The number of ether oxygens (including phenoxy) is 2. The van der Waals surface area contributed by atoms with Gasteiger partial charge in [-0.05, 0) is 64.2 Å². The lowest BCUT2D eigenvalue weighted by Crippen LogP contribution is -2.39. The molecule has 0 atom stereocenters.